The molecular weight excluding hydrogens is 658 g/mol. The van der Waals surface area contributed by atoms with Crippen LogP contribution in [0.2, 0.25) is 0 Å². The molecule has 11 nitrogen and oxygen atoms in total. The van der Waals surface area contributed by atoms with Crippen LogP contribution in [0.4, 0.5) is 0 Å². The highest BCUT2D eigenvalue weighted by Crippen LogP contribution is 2.54. The predicted octanol–water partition coefficient (Wildman–Crippen LogP) is 6.66. The number of benzene rings is 2. The van der Waals surface area contributed by atoms with Gasteiger partial charge in [-0.1, -0.05) is 139 Å². The van der Waals surface area contributed by atoms with Crippen LogP contribution in [0.3, 0.4) is 0 Å². The molecule has 0 aromatic heterocycles. The van der Waals surface area contributed by atoms with Crippen LogP contribution >= 0.6 is 15.6 Å². The molecule has 2 aromatic rings. The fraction of sp³-hybridized carbons (Fsp3) is 0.657. The van der Waals surface area contributed by atoms with E-state index in [2.05, 4.69) is 18.2 Å². The molecule has 2 rings (SSSR count). The first kappa shape index (κ1) is 44.6. The zero-order valence-corrected chi connectivity index (χ0v) is 30.5. The third-order valence-electron chi connectivity index (χ3n) is 8.80. The number of aryl methyl sites for hydroxylation is 2. The normalized spacial score (nSPS) is 12.5. The Bertz CT molecular complexity index is 1150. The molecule has 0 bridgehead atoms. The molecule has 0 saturated heterocycles. The third kappa shape index (κ3) is 15.2. The van der Waals surface area contributed by atoms with Crippen molar-refractivity contribution in [2.24, 2.45) is 5.41 Å². The highest BCUT2D eigenvalue weighted by molar-refractivity contribution is 7.60. The highest BCUT2D eigenvalue weighted by Gasteiger charge is 2.53. The van der Waals surface area contributed by atoms with E-state index in [-0.39, 0.29) is 0 Å². The Morgan fingerprint density at radius 1 is 0.542 bits per heavy atom. The van der Waals surface area contributed by atoms with Crippen molar-refractivity contribution in [3.63, 3.8) is 0 Å². The Morgan fingerprint density at radius 3 is 1.15 bits per heavy atom. The van der Waals surface area contributed by atoms with Crippen LogP contribution in [0.5, 0.6) is 0 Å². The molecule has 0 fully saturated rings. The minimum absolute atomic E-state index is 0.534. The van der Waals surface area contributed by atoms with Crippen molar-refractivity contribution in [2.75, 3.05) is 19.8 Å². The van der Waals surface area contributed by atoms with Crippen molar-refractivity contribution in [2.45, 2.75) is 122 Å². The minimum atomic E-state index is -5.05. The first-order valence-corrected chi connectivity index (χ1v) is 20.3. The molecule has 8 N–H and O–H groups in total. The van der Waals surface area contributed by atoms with Gasteiger partial charge in [0.2, 0.25) is 0 Å². The van der Waals surface area contributed by atoms with E-state index in [0.717, 1.165) is 49.7 Å². The molecule has 0 aliphatic rings. The fourth-order valence-corrected chi connectivity index (χ4v) is 7.18. The number of unbranched alkanes of at least 4 members (excludes halogenated alkanes) is 12. The van der Waals surface area contributed by atoms with Crippen molar-refractivity contribution >= 4 is 15.6 Å². The number of hydrogen-bond acceptors (Lipinski definition) is 7. The zero-order valence-electron chi connectivity index (χ0n) is 28.8. The molecule has 0 amide bonds. The number of rotatable bonds is 24. The molecule has 0 aliphatic carbocycles. The quantitative estimate of drug-likeness (QED) is 0.0426. The Kier molecular flexibility index (Phi) is 21.4. The first-order valence-electron chi connectivity index (χ1n) is 17.3. The van der Waals surface area contributed by atoms with Gasteiger partial charge < -0.3 is 40.0 Å². The monoisotopic (exact) mass is 718 g/mol. The average molecular weight is 719 g/mol. The highest BCUT2D eigenvalue weighted by atomic mass is 31.3. The van der Waals surface area contributed by atoms with E-state index < -0.39 is 46.5 Å². The molecule has 0 aliphatic heterocycles. The summed E-state index contributed by atoms with van der Waals surface area (Å²) in [5.74, 6) is 0. The van der Waals surface area contributed by atoms with Gasteiger partial charge in [-0.25, -0.2) is 9.13 Å². The minimum Gasteiger partial charge on any atom is -0.395 e. The maximum absolute atomic E-state index is 12.7. The molecule has 0 spiro atoms. The Labute approximate surface area is 286 Å². The maximum Gasteiger partial charge on any atom is 0.478 e. The first-order chi connectivity index (χ1) is 22.7. The zero-order chi connectivity index (χ0) is 36.1. The van der Waals surface area contributed by atoms with E-state index in [0.29, 0.717) is 11.1 Å². The Hall–Kier alpha value is -1.46. The molecule has 2 aromatic carbocycles. The van der Waals surface area contributed by atoms with Crippen molar-refractivity contribution in [1.82, 2.24) is 0 Å². The van der Waals surface area contributed by atoms with Crippen LogP contribution < -0.4 is 0 Å². The summed E-state index contributed by atoms with van der Waals surface area (Å²) >= 11 is 0. The SMILES string of the molecule is CCCCCCCCCc1ccccc1C(O)(c1ccccc1CCCCCCCCC)C(CO)(CO)CO.O=P(O)(O)OP(=O)(O)O. The van der Waals surface area contributed by atoms with Crippen LogP contribution in [-0.2, 0) is 31.9 Å². The predicted molar refractivity (Wildman–Crippen MR) is 188 cm³/mol. The van der Waals surface area contributed by atoms with Gasteiger partial charge in [0.05, 0.1) is 25.2 Å². The van der Waals surface area contributed by atoms with Gasteiger partial charge in [-0.2, -0.15) is 4.31 Å². The molecule has 0 unspecified atom stereocenters. The molecule has 0 radical (unpaired) electrons. The lowest BCUT2D eigenvalue weighted by Gasteiger charge is -2.46. The van der Waals surface area contributed by atoms with Gasteiger partial charge in [0.1, 0.15) is 5.60 Å². The number of hydrogen-bond donors (Lipinski definition) is 8. The van der Waals surface area contributed by atoms with Crippen molar-refractivity contribution in [3.8, 4) is 0 Å². The number of aliphatic hydroxyl groups excluding tert-OH is 3. The van der Waals surface area contributed by atoms with Crippen LogP contribution in [0.25, 0.3) is 0 Å². The van der Waals surface area contributed by atoms with E-state index in [1.807, 2.05) is 48.5 Å². The Balaban J connectivity index is 0.00000112. The second kappa shape index (κ2) is 23.1. The second-order valence-corrected chi connectivity index (χ2v) is 15.2. The van der Waals surface area contributed by atoms with Crippen molar-refractivity contribution in [1.29, 1.82) is 0 Å². The standard InChI is InChI=1S/C35H56O4.H4O7P2/c1-3-5-7-9-11-13-15-21-30-23-17-19-25-32(30)35(39,34(27-36,28-37)29-38)33-26-20-18-24-31(33)22-16-14-12-10-8-6-4-2;1-8(2,3)7-9(4,5)6/h17-20,23-26,36-39H,3-16,21-22,27-29H2,1-2H3;(H2,1,2,3)(H2,4,5,6). The molecule has 48 heavy (non-hydrogen) atoms. The van der Waals surface area contributed by atoms with Gasteiger partial charge in [-0.3, -0.25) is 0 Å². The number of aliphatic hydroxyl groups is 4. The summed E-state index contributed by atoms with van der Waals surface area (Å²) in [5, 5.41) is 44.5. The molecular formula is C35H60O11P2. The third-order valence-corrected chi connectivity index (χ3v) is 10.5. The molecule has 276 valence electrons. The number of phosphoric acid groups is 2. The van der Waals surface area contributed by atoms with Gasteiger partial charge in [-0.05, 0) is 47.9 Å². The average Bonchev–Trinajstić information content (AvgIpc) is 3.04. The van der Waals surface area contributed by atoms with E-state index in [1.165, 1.54) is 64.2 Å². The lowest BCUT2D eigenvalue weighted by molar-refractivity contribution is -0.136. The fourth-order valence-electron chi connectivity index (χ4n) is 6.08. The maximum atomic E-state index is 12.7. The largest absolute Gasteiger partial charge is 0.478 e. The molecule has 13 heteroatoms. The van der Waals surface area contributed by atoms with E-state index in [4.69, 9.17) is 19.6 Å². The van der Waals surface area contributed by atoms with Crippen molar-refractivity contribution in [3.05, 3.63) is 70.8 Å². The summed E-state index contributed by atoms with van der Waals surface area (Å²) in [6.45, 7) is 2.86. The van der Waals surface area contributed by atoms with Gasteiger partial charge >= 0.3 is 15.6 Å². The van der Waals surface area contributed by atoms with Crippen LogP contribution in [0, 0.1) is 5.41 Å². The van der Waals surface area contributed by atoms with E-state index >= 15 is 0 Å². The van der Waals surface area contributed by atoms with Crippen LogP contribution in [0.1, 0.15) is 126 Å². The lowest BCUT2D eigenvalue weighted by Crippen LogP contribution is -2.55. The summed E-state index contributed by atoms with van der Waals surface area (Å²) in [5.41, 5.74) is 0.124. The molecule has 0 atom stereocenters. The smallest absolute Gasteiger partial charge is 0.395 e. The lowest BCUT2D eigenvalue weighted by atomic mass is 9.63. The summed E-state index contributed by atoms with van der Waals surface area (Å²) in [4.78, 5) is 31.0. The second-order valence-electron chi connectivity index (χ2n) is 12.6. The van der Waals surface area contributed by atoms with Gasteiger partial charge in [0, 0.05) is 0 Å². The van der Waals surface area contributed by atoms with Gasteiger partial charge in [0.25, 0.3) is 0 Å². The summed E-state index contributed by atoms with van der Waals surface area (Å²) in [6, 6.07) is 15.7. The van der Waals surface area contributed by atoms with E-state index in [1.54, 1.807) is 0 Å². The van der Waals surface area contributed by atoms with Crippen LogP contribution in [0.15, 0.2) is 48.5 Å². The van der Waals surface area contributed by atoms with Crippen LogP contribution in [-0.4, -0.2) is 59.8 Å². The Morgan fingerprint density at radius 2 is 0.854 bits per heavy atom. The van der Waals surface area contributed by atoms with Crippen molar-refractivity contribution < 1.29 is 53.4 Å². The summed E-state index contributed by atoms with van der Waals surface area (Å²) < 4.78 is 22.2. The summed E-state index contributed by atoms with van der Waals surface area (Å²) in [6.07, 6.45) is 18.5. The summed E-state index contributed by atoms with van der Waals surface area (Å²) in [7, 11) is -10.1. The van der Waals surface area contributed by atoms with Gasteiger partial charge in [0.15, 0.2) is 0 Å². The molecule has 0 saturated carbocycles. The van der Waals surface area contributed by atoms with E-state index in [9.17, 15) is 29.6 Å². The molecule has 0 heterocycles. The van der Waals surface area contributed by atoms with Gasteiger partial charge in [-0.15, -0.1) is 0 Å². The topological polar surface area (TPSA) is 205 Å².